The molecule has 1 aliphatic rings. The molecule has 2 rings (SSSR count). The monoisotopic (exact) mass is 281 g/mol. The van der Waals surface area contributed by atoms with Crippen LogP contribution in [0.3, 0.4) is 0 Å². The average Bonchev–Trinajstić information content (AvgIpc) is 2.72. The zero-order valence-corrected chi connectivity index (χ0v) is 12.8. The topological polar surface area (TPSA) is 50.2 Å². The van der Waals surface area contributed by atoms with Crippen molar-refractivity contribution in [2.24, 2.45) is 11.8 Å². The van der Waals surface area contributed by atoms with E-state index in [4.69, 9.17) is 0 Å². The van der Waals surface area contributed by atoms with Gasteiger partial charge in [-0.25, -0.2) is 9.78 Å². The number of carbonyl (C=O) groups is 1. The van der Waals surface area contributed by atoms with Crippen molar-refractivity contribution in [3.63, 3.8) is 0 Å². The van der Waals surface area contributed by atoms with Gasteiger partial charge in [-0.05, 0) is 31.1 Å². The second-order valence-electron chi connectivity index (χ2n) is 6.20. The lowest BCUT2D eigenvalue weighted by molar-refractivity contribution is 0.0700. The van der Waals surface area contributed by atoms with Crippen LogP contribution in [-0.4, -0.2) is 16.1 Å². The quantitative estimate of drug-likeness (QED) is 0.893. The van der Waals surface area contributed by atoms with Crippen molar-refractivity contribution < 1.29 is 9.90 Å². The van der Waals surface area contributed by atoms with Gasteiger partial charge in [0.15, 0.2) is 0 Å². The number of hydrogen-bond donors (Lipinski definition) is 1. The molecule has 0 aliphatic heterocycles. The summed E-state index contributed by atoms with van der Waals surface area (Å²) in [4.78, 5) is 16.5. The molecule has 19 heavy (non-hydrogen) atoms. The van der Waals surface area contributed by atoms with E-state index in [-0.39, 0.29) is 0 Å². The first kappa shape index (κ1) is 14.5. The molecule has 106 valence electrons. The molecule has 1 saturated carbocycles. The Morgan fingerprint density at radius 3 is 2.79 bits per heavy atom. The molecule has 1 fully saturated rings. The van der Waals surface area contributed by atoms with Crippen LogP contribution < -0.4 is 0 Å². The molecule has 0 saturated heterocycles. The van der Waals surface area contributed by atoms with Crippen LogP contribution in [0, 0.1) is 11.8 Å². The fourth-order valence-electron chi connectivity index (χ4n) is 2.90. The molecule has 1 N–H and O–H groups in total. The Morgan fingerprint density at radius 2 is 2.21 bits per heavy atom. The Balaban J connectivity index is 2.23. The highest BCUT2D eigenvalue weighted by Crippen LogP contribution is 2.38. The second kappa shape index (κ2) is 6.04. The molecular weight excluding hydrogens is 258 g/mol. The number of carboxylic acids is 1. The van der Waals surface area contributed by atoms with Crippen LogP contribution in [0.15, 0.2) is 0 Å². The minimum atomic E-state index is -0.816. The summed E-state index contributed by atoms with van der Waals surface area (Å²) in [5, 5.41) is 10.4. The summed E-state index contributed by atoms with van der Waals surface area (Å²) in [6, 6.07) is 0. The Morgan fingerprint density at radius 1 is 1.47 bits per heavy atom. The van der Waals surface area contributed by atoms with Gasteiger partial charge in [-0.1, -0.05) is 33.6 Å². The van der Waals surface area contributed by atoms with E-state index in [1.54, 1.807) is 0 Å². The van der Waals surface area contributed by atoms with Crippen LogP contribution in [0.5, 0.6) is 0 Å². The summed E-state index contributed by atoms with van der Waals surface area (Å²) >= 11 is 1.41. The number of aromatic carboxylic acids is 1. The molecule has 1 aromatic rings. The Bertz CT molecular complexity index is 453. The highest BCUT2D eigenvalue weighted by atomic mass is 32.1. The predicted molar refractivity (Wildman–Crippen MR) is 78.0 cm³/mol. The minimum Gasteiger partial charge on any atom is -0.477 e. The number of rotatable bonds is 4. The first-order valence-electron chi connectivity index (χ1n) is 7.20. The molecule has 1 heterocycles. The molecule has 0 aromatic carbocycles. The van der Waals surface area contributed by atoms with Crippen LogP contribution in [0.4, 0.5) is 0 Å². The van der Waals surface area contributed by atoms with Gasteiger partial charge in [0.25, 0.3) is 0 Å². The molecule has 2 unspecified atom stereocenters. The van der Waals surface area contributed by atoms with Gasteiger partial charge >= 0.3 is 5.97 Å². The van der Waals surface area contributed by atoms with Crippen molar-refractivity contribution in [3.05, 3.63) is 15.6 Å². The van der Waals surface area contributed by atoms with Gasteiger partial charge in [0.05, 0.1) is 10.7 Å². The number of carboxylic acid groups (broad SMARTS) is 1. The average molecular weight is 281 g/mol. The number of hydrogen-bond acceptors (Lipinski definition) is 3. The molecule has 0 spiro atoms. The van der Waals surface area contributed by atoms with E-state index in [1.807, 2.05) is 0 Å². The summed E-state index contributed by atoms with van der Waals surface area (Å²) in [5.41, 5.74) is 0.792. The first-order valence-corrected chi connectivity index (χ1v) is 8.02. The van der Waals surface area contributed by atoms with Crippen molar-refractivity contribution in [3.8, 4) is 0 Å². The lowest BCUT2D eigenvalue weighted by Gasteiger charge is -2.24. The maximum Gasteiger partial charge on any atom is 0.347 e. The molecule has 1 aromatic heterocycles. The maximum absolute atomic E-state index is 11.3. The molecule has 0 amide bonds. The third-order valence-corrected chi connectivity index (χ3v) is 5.04. The van der Waals surface area contributed by atoms with Gasteiger partial charge in [0.1, 0.15) is 4.88 Å². The van der Waals surface area contributed by atoms with Crippen LogP contribution in [-0.2, 0) is 6.42 Å². The van der Waals surface area contributed by atoms with Crippen LogP contribution in [0.2, 0.25) is 0 Å². The second-order valence-corrected chi connectivity index (χ2v) is 7.23. The predicted octanol–water partition coefficient (Wildman–Crippen LogP) is 4.33. The highest BCUT2D eigenvalue weighted by molar-refractivity contribution is 7.13. The van der Waals surface area contributed by atoms with E-state index in [0.717, 1.165) is 35.9 Å². The van der Waals surface area contributed by atoms with E-state index in [0.29, 0.717) is 16.7 Å². The molecule has 2 atom stereocenters. The fraction of sp³-hybridized carbons (Fsp3) is 0.733. The smallest absolute Gasteiger partial charge is 0.347 e. The Hall–Kier alpha value is -0.900. The largest absolute Gasteiger partial charge is 0.477 e. The van der Waals surface area contributed by atoms with Gasteiger partial charge in [-0.3, -0.25) is 0 Å². The van der Waals surface area contributed by atoms with Crippen molar-refractivity contribution in [1.29, 1.82) is 0 Å². The highest BCUT2D eigenvalue weighted by Gasteiger charge is 2.26. The third-order valence-electron chi connectivity index (χ3n) is 3.80. The molecule has 3 nitrogen and oxygen atoms in total. The van der Waals surface area contributed by atoms with Gasteiger partial charge in [-0.15, -0.1) is 11.3 Å². The minimum absolute atomic E-state index is 0.443. The summed E-state index contributed by atoms with van der Waals surface area (Å²) in [5.74, 6) is 0.846. The number of nitrogens with zero attached hydrogens (tertiary/aromatic N) is 1. The number of aromatic nitrogens is 1. The van der Waals surface area contributed by atoms with Crippen molar-refractivity contribution in [2.45, 2.75) is 58.8 Å². The summed E-state index contributed by atoms with van der Waals surface area (Å²) < 4.78 is 0. The third kappa shape index (κ3) is 3.56. The van der Waals surface area contributed by atoms with E-state index >= 15 is 0 Å². The Kier molecular flexibility index (Phi) is 4.61. The standard InChI is InChI=1S/C15H23NO2S/c1-9(2)7-12-13(15(17)18)19-14(16-12)11-6-4-5-10(3)8-11/h9-11H,4-8H2,1-3H3,(H,17,18). The van der Waals surface area contributed by atoms with E-state index < -0.39 is 5.97 Å². The Labute approximate surface area is 119 Å². The van der Waals surface area contributed by atoms with Gasteiger partial charge in [-0.2, -0.15) is 0 Å². The summed E-state index contributed by atoms with van der Waals surface area (Å²) in [7, 11) is 0. The van der Waals surface area contributed by atoms with Crippen molar-refractivity contribution in [1.82, 2.24) is 4.98 Å². The van der Waals surface area contributed by atoms with Crippen LogP contribution in [0.25, 0.3) is 0 Å². The molecular formula is C15H23NO2S. The summed E-state index contributed by atoms with van der Waals surface area (Å²) in [6.45, 7) is 6.49. The van der Waals surface area contributed by atoms with Gasteiger partial charge in [0.2, 0.25) is 0 Å². The van der Waals surface area contributed by atoms with Crippen molar-refractivity contribution >= 4 is 17.3 Å². The zero-order valence-electron chi connectivity index (χ0n) is 12.0. The SMILES string of the molecule is CC(C)Cc1nc(C2CCCC(C)C2)sc1C(=O)O. The molecule has 0 bridgehead atoms. The van der Waals surface area contributed by atoms with E-state index in [1.165, 1.54) is 24.2 Å². The van der Waals surface area contributed by atoms with E-state index in [9.17, 15) is 9.90 Å². The molecule has 0 radical (unpaired) electrons. The van der Waals surface area contributed by atoms with Crippen LogP contribution >= 0.6 is 11.3 Å². The zero-order chi connectivity index (χ0) is 14.0. The lowest BCUT2D eigenvalue weighted by Crippen LogP contribution is -2.11. The lowest BCUT2D eigenvalue weighted by atomic mass is 9.83. The van der Waals surface area contributed by atoms with Gasteiger partial charge < -0.3 is 5.11 Å². The molecule has 1 aliphatic carbocycles. The maximum atomic E-state index is 11.3. The number of thiazole rings is 1. The fourth-order valence-corrected chi connectivity index (χ4v) is 3.98. The van der Waals surface area contributed by atoms with E-state index in [2.05, 4.69) is 25.8 Å². The van der Waals surface area contributed by atoms with Crippen LogP contribution in [0.1, 0.15) is 72.7 Å². The van der Waals surface area contributed by atoms with Crippen molar-refractivity contribution in [2.75, 3.05) is 0 Å². The first-order chi connectivity index (χ1) is 8.97. The normalized spacial score (nSPS) is 23.8. The summed E-state index contributed by atoms with van der Waals surface area (Å²) in [6.07, 6.45) is 5.63. The molecule has 4 heteroatoms. The van der Waals surface area contributed by atoms with Gasteiger partial charge in [0, 0.05) is 5.92 Å².